The second kappa shape index (κ2) is 7.28. The molecule has 5 heteroatoms. The standard InChI is InChI=1S/C19H14FN3O/c20-16-11-5-4-10-15(16)19(24)23-22-18(14-8-2-1-3-9-14)17-12-6-7-13-21-17/h1-13H,(H,23,24)/b22-18+. The van der Waals surface area contributed by atoms with Crippen LogP contribution >= 0.6 is 0 Å². The molecule has 3 rings (SSSR count). The van der Waals surface area contributed by atoms with E-state index in [2.05, 4.69) is 15.5 Å². The Morgan fingerprint density at radius 2 is 1.62 bits per heavy atom. The minimum atomic E-state index is -0.613. The minimum absolute atomic E-state index is 0.0605. The molecule has 0 bridgehead atoms. The fourth-order valence-corrected chi connectivity index (χ4v) is 2.18. The second-order valence-electron chi connectivity index (χ2n) is 4.96. The van der Waals surface area contributed by atoms with Gasteiger partial charge in [0.1, 0.15) is 11.5 Å². The highest BCUT2D eigenvalue weighted by molar-refractivity contribution is 6.12. The molecule has 0 aliphatic heterocycles. The third-order valence-electron chi connectivity index (χ3n) is 3.34. The summed E-state index contributed by atoms with van der Waals surface area (Å²) in [5.41, 5.74) is 4.25. The average molecular weight is 319 g/mol. The molecule has 0 spiro atoms. The van der Waals surface area contributed by atoms with Gasteiger partial charge in [-0.1, -0.05) is 48.5 Å². The number of rotatable bonds is 4. The molecule has 1 N–H and O–H groups in total. The summed E-state index contributed by atoms with van der Waals surface area (Å²) in [6.45, 7) is 0. The first-order chi connectivity index (χ1) is 11.8. The number of benzene rings is 2. The van der Waals surface area contributed by atoms with Crippen LogP contribution in [0.15, 0.2) is 84.1 Å². The van der Waals surface area contributed by atoms with Crippen molar-refractivity contribution in [1.82, 2.24) is 10.4 Å². The summed E-state index contributed by atoms with van der Waals surface area (Å²) < 4.78 is 13.7. The van der Waals surface area contributed by atoms with E-state index in [0.717, 1.165) is 5.56 Å². The Hall–Kier alpha value is -3.34. The third-order valence-corrected chi connectivity index (χ3v) is 3.34. The quantitative estimate of drug-likeness (QED) is 0.592. The fraction of sp³-hybridized carbons (Fsp3) is 0. The topological polar surface area (TPSA) is 54.4 Å². The van der Waals surface area contributed by atoms with Gasteiger partial charge in [0, 0.05) is 11.8 Å². The lowest BCUT2D eigenvalue weighted by atomic mass is 10.1. The van der Waals surface area contributed by atoms with Crippen molar-refractivity contribution < 1.29 is 9.18 Å². The second-order valence-corrected chi connectivity index (χ2v) is 4.96. The monoisotopic (exact) mass is 319 g/mol. The van der Waals surface area contributed by atoms with E-state index in [9.17, 15) is 9.18 Å². The molecule has 0 atom stereocenters. The van der Waals surface area contributed by atoms with E-state index in [1.807, 2.05) is 36.4 Å². The normalized spacial score (nSPS) is 11.1. The first-order valence-corrected chi connectivity index (χ1v) is 7.35. The molecule has 0 aliphatic rings. The highest BCUT2D eigenvalue weighted by Crippen LogP contribution is 2.09. The number of carbonyl (C=O) groups excluding carboxylic acids is 1. The van der Waals surface area contributed by atoms with E-state index >= 15 is 0 Å². The molecule has 0 aliphatic carbocycles. The molecule has 0 unspecified atom stereocenters. The zero-order valence-corrected chi connectivity index (χ0v) is 12.7. The third kappa shape index (κ3) is 3.52. The molecule has 2 aromatic carbocycles. The number of carbonyl (C=O) groups is 1. The lowest BCUT2D eigenvalue weighted by molar-refractivity contribution is 0.0951. The van der Waals surface area contributed by atoms with Crippen LogP contribution in [0.1, 0.15) is 21.6 Å². The van der Waals surface area contributed by atoms with Gasteiger partial charge in [0.2, 0.25) is 0 Å². The molecule has 1 amide bonds. The molecule has 1 heterocycles. The van der Waals surface area contributed by atoms with Gasteiger partial charge < -0.3 is 0 Å². The predicted molar refractivity (Wildman–Crippen MR) is 90.2 cm³/mol. The van der Waals surface area contributed by atoms with Crippen molar-refractivity contribution in [3.8, 4) is 0 Å². The maximum Gasteiger partial charge on any atom is 0.274 e. The molecular formula is C19H14FN3O. The fourth-order valence-electron chi connectivity index (χ4n) is 2.18. The van der Waals surface area contributed by atoms with Crippen molar-refractivity contribution in [2.45, 2.75) is 0 Å². The van der Waals surface area contributed by atoms with Crippen molar-refractivity contribution in [2.75, 3.05) is 0 Å². The van der Waals surface area contributed by atoms with Crippen molar-refractivity contribution >= 4 is 11.6 Å². The number of hydrazone groups is 1. The molecule has 3 aromatic rings. The van der Waals surface area contributed by atoms with Crippen molar-refractivity contribution in [3.05, 3.63) is 102 Å². The SMILES string of the molecule is O=C(N/N=C(\c1ccccc1)c1ccccn1)c1ccccc1F. The zero-order chi connectivity index (χ0) is 16.8. The van der Waals surface area contributed by atoms with Gasteiger partial charge in [0.25, 0.3) is 5.91 Å². The molecule has 0 saturated heterocycles. The molecular weight excluding hydrogens is 305 g/mol. The predicted octanol–water partition coefficient (Wildman–Crippen LogP) is 3.40. The molecule has 0 saturated carbocycles. The van der Waals surface area contributed by atoms with Crippen molar-refractivity contribution in [3.63, 3.8) is 0 Å². The van der Waals surface area contributed by atoms with Gasteiger partial charge in [-0.05, 0) is 24.3 Å². The van der Waals surface area contributed by atoms with E-state index in [0.29, 0.717) is 11.4 Å². The summed E-state index contributed by atoms with van der Waals surface area (Å²) in [6.07, 6.45) is 1.65. The van der Waals surface area contributed by atoms with Gasteiger partial charge in [-0.2, -0.15) is 5.10 Å². The number of amides is 1. The van der Waals surface area contributed by atoms with Crippen LogP contribution in [0.5, 0.6) is 0 Å². The van der Waals surface area contributed by atoms with E-state index in [-0.39, 0.29) is 5.56 Å². The lowest BCUT2D eigenvalue weighted by Crippen LogP contribution is -2.22. The molecule has 1 aromatic heterocycles. The Kier molecular flexibility index (Phi) is 4.72. The van der Waals surface area contributed by atoms with E-state index < -0.39 is 11.7 Å². The van der Waals surface area contributed by atoms with Gasteiger partial charge in [0.05, 0.1) is 11.3 Å². The van der Waals surface area contributed by atoms with Gasteiger partial charge in [-0.3, -0.25) is 9.78 Å². The number of hydrogen-bond acceptors (Lipinski definition) is 3. The van der Waals surface area contributed by atoms with Gasteiger partial charge in [-0.15, -0.1) is 0 Å². The van der Waals surface area contributed by atoms with Crippen LogP contribution in [-0.2, 0) is 0 Å². The highest BCUT2D eigenvalue weighted by Gasteiger charge is 2.12. The average Bonchev–Trinajstić information content (AvgIpc) is 2.64. The molecule has 118 valence electrons. The Morgan fingerprint density at radius 3 is 2.33 bits per heavy atom. The molecule has 24 heavy (non-hydrogen) atoms. The Balaban J connectivity index is 1.93. The highest BCUT2D eigenvalue weighted by atomic mass is 19.1. The summed E-state index contributed by atoms with van der Waals surface area (Å²) >= 11 is 0. The van der Waals surface area contributed by atoms with Crippen LogP contribution in [0.3, 0.4) is 0 Å². The molecule has 0 fully saturated rings. The maximum atomic E-state index is 13.7. The maximum absolute atomic E-state index is 13.7. The van der Waals surface area contributed by atoms with Crippen LogP contribution in [0.2, 0.25) is 0 Å². The smallest absolute Gasteiger partial charge is 0.267 e. The Morgan fingerprint density at radius 1 is 0.917 bits per heavy atom. The first kappa shape index (κ1) is 15.6. The van der Waals surface area contributed by atoms with E-state index in [4.69, 9.17) is 0 Å². The van der Waals surface area contributed by atoms with Crippen molar-refractivity contribution in [1.29, 1.82) is 0 Å². The number of nitrogens with one attached hydrogen (secondary N) is 1. The summed E-state index contributed by atoms with van der Waals surface area (Å²) in [7, 11) is 0. The van der Waals surface area contributed by atoms with Crippen LogP contribution in [0, 0.1) is 5.82 Å². The van der Waals surface area contributed by atoms with Gasteiger partial charge in [0.15, 0.2) is 0 Å². The number of hydrogen-bond donors (Lipinski definition) is 1. The summed E-state index contributed by atoms with van der Waals surface area (Å²) in [5, 5.41) is 4.17. The molecule has 0 radical (unpaired) electrons. The summed E-state index contributed by atoms with van der Waals surface area (Å²) in [4.78, 5) is 16.4. The number of aromatic nitrogens is 1. The van der Waals surface area contributed by atoms with Crippen LogP contribution in [-0.4, -0.2) is 16.6 Å². The van der Waals surface area contributed by atoms with E-state index in [1.54, 1.807) is 24.4 Å². The van der Waals surface area contributed by atoms with Crippen molar-refractivity contribution in [2.24, 2.45) is 5.10 Å². The number of nitrogens with zero attached hydrogens (tertiary/aromatic N) is 2. The minimum Gasteiger partial charge on any atom is -0.267 e. The largest absolute Gasteiger partial charge is 0.274 e. The molecule has 4 nitrogen and oxygen atoms in total. The Labute approximate surface area is 138 Å². The summed E-state index contributed by atoms with van der Waals surface area (Å²) in [6, 6.07) is 20.5. The van der Waals surface area contributed by atoms with Crippen LogP contribution < -0.4 is 5.43 Å². The number of pyridine rings is 1. The zero-order valence-electron chi connectivity index (χ0n) is 12.7. The summed E-state index contributed by atoms with van der Waals surface area (Å²) in [5.74, 6) is -1.21. The lowest BCUT2D eigenvalue weighted by Gasteiger charge is -2.07. The van der Waals surface area contributed by atoms with Gasteiger partial charge >= 0.3 is 0 Å². The van der Waals surface area contributed by atoms with E-state index in [1.165, 1.54) is 18.2 Å². The first-order valence-electron chi connectivity index (χ1n) is 7.35. The Bertz CT molecular complexity index is 823. The number of halogens is 1. The van der Waals surface area contributed by atoms with Crippen LogP contribution in [0.4, 0.5) is 4.39 Å². The van der Waals surface area contributed by atoms with Gasteiger partial charge in [-0.25, -0.2) is 9.82 Å². The van der Waals surface area contributed by atoms with Crippen LogP contribution in [0.25, 0.3) is 0 Å².